The molecule has 0 aliphatic rings. The highest BCUT2D eigenvalue weighted by atomic mass is 79.9. The third kappa shape index (κ3) is 1.96. The maximum Gasteiger partial charge on any atom is 0.288 e. The molecule has 1 aromatic carbocycles. The molecule has 0 aliphatic heterocycles. The summed E-state index contributed by atoms with van der Waals surface area (Å²) < 4.78 is 2.55. The van der Waals surface area contributed by atoms with Gasteiger partial charge in [0.15, 0.2) is 0 Å². The molecule has 0 saturated heterocycles. The number of amides is 1. The topological polar surface area (TPSA) is 73.8 Å². The second kappa shape index (κ2) is 4.05. The SMILES string of the molecule is Cc1nc(C(N)=O)nn1-c1ccc(Br)cc1. The second-order valence-electron chi connectivity index (χ2n) is 3.24. The standard InChI is InChI=1S/C10H9BrN4O/c1-6-13-10(9(12)16)14-15(6)8-4-2-7(11)3-5-8/h2-5H,1H3,(H2,12,16). The molecule has 1 heterocycles. The monoisotopic (exact) mass is 280 g/mol. The number of aromatic nitrogens is 3. The number of benzene rings is 1. The molecule has 0 radical (unpaired) electrons. The number of hydrogen-bond acceptors (Lipinski definition) is 3. The number of hydrogen-bond donors (Lipinski definition) is 1. The third-order valence-electron chi connectivity index (χ3n) is 2.06. The highest BCUT2D eigenvalue weighted by Crippen LogP contribution is 2.14. The summed E-state index contributed by atoms with van der Waals surface area (Å²) >= 11 is 3.35. The molecule has 0 saturated carbocycles. The van der Waals surface area contributed by atoms with E-state index in [4.69, 9.17) is 5.73 Å². The lowest BCUT2D eigenvalue weighted by Gasteiger charge is -2.01. The van der Waals surface area contributed by atoms with Crippen LogP contribution in [0.1, 0.15) is 16.4 Å². The van der Waals surface area contributed by atoms with Crippen LogP contribution in [-0.2, 0) is 0 Å². The molecule has 0 spiro atoms. The predicted molar refractivity (Wildman–Crippen MR) is 62.3 cm³/mol. The minimum atomic E-state index is -0.626. The summed E-state index contributed by atoms with van der Waals surface area (Å²) in [6.45, 7) is 1.77. The Balaban J connectivity index is 2.47. The van der Waals surface area contributed by atoms with Crippen LogP contribution in [0.4, 0.5) is 0 Å². The van der Waals surface area contributed by atoms with Crippen LogP contribution in [-0.4, -0.2) is 20.7 Å². The molecule has 0 aliphatic carbocycles. The van der Waals surface area contributed by atoms with Gasteiger partial charge in [-0.05, 0) is 31.2 Å². The zero-order valence-electron chi connectivity index (χ0n) is 8.51. The van der Waals surface area contributed by atoms with Gasteiger partial charge in [-0.1, -0.05) is 15.9 Å². The Kier molecular flexibility index (Phi) is 2.74. The maximum atomic E-state index is 10.9. The number of nitrogens with two attached hydrogens (primary N) is 1. The van der Waals surface area contributed by atoms with Crippen LogP contribution in [0.3, 0.4) is 0 Å². The highest BCUT2D eigenvalue weighted by Gasteiger charge is 2.11. The zero-order valence-corrected chi connectivity index (χ0v) is 10.1. The summed E-state index contributed by atoms with van der Waals surface area (Å²) in [5.74, 6) is 0.0236. The zero-order chi connectivity index (χ0) is 11.7. The number of rotatable bonds is 2. The fourth-order valence-electron chi connectivity index (χ4n) is 1.32. The molecule has 0 atom stereocenters. The predicted octanol–water partition coefficient (Wildman–Crippen LogP) is 1.44. The van der Waals surface area contributed by atoms with E-state index in [-0.39, 0.29) is 5.82 Å². The van der Waals surface area contributed by atoms with Crippen molar-refractivity contribution in [1.29, 1.82) is 0 Å². The van der Waals surface area contributed by atoms with E-state index >= 15 is 0 Å². The first-order chi connectivity index (χ1) is 7.58. The molecule has 2 aromatic rings. The molecule has 0 unspecified atom stereocenters. The van der Waals surface area contributed by atoms with E-state index < -0.39 is 5.91 Å². The first kappa shape index (κ1) is 10.8. The van der Waals surface area contributed by atoms with Crippen molar-refractivity contribution in [3.63, 3.8) is 0 Å². The Morgan fingerprint density at radius 1 is 1.38 bits per heavy atom. The number of halogens is 1. The van der Waals surface area contributed by atoms with E-state index in [0.717, 1.165) is 10.2 Å². The van der Waals surface area contributed by atoms with Gasteiger partial charge in [0, 0.05) is 4.47 Å². The van der Waals surface area contributed by atoms with Gasteiger partial charge in [-0.3, -0.25) is 4.79 Å². The van der Waals surface area contributed by atoms with Gasteiger partial charge in [-0.25, -0.2) is 9.67 Å². The van der Waals surface area contributed by atoms with Crippen molar-refractivity contribution in [1.82, 2.24) is 14.8 Å². The van der Waals surface area contributed by atoms with Crippen molar-refractivity contribution in [2.45, 2.75) is 6.92 Å². The van der Waals surface area contributed by atoms with Crippen LogP contribution in [0.2, 0.25) is 0 Å². The van der Waals surface area contributed by atoms with Crippen LogP contribution < -0.4 is 5.73 Å². The molecule has 2 N–H and O–H groups in total. The molecular weight excluding hydrogens is 272 g/mol. The van der Waals surface area contributed by atoms with E-state index in [9.17, 15) is 4.79 Å². The number of aryl methyl sites for hydroxylation is 1. The van der Waals surface area contributed by atoms with Crippen molar-refractivity contribution < 1.29 is 4.79 Å². The van der Waals surface area contributed by atoms with Crippen LogP contribution in [0.15, 0.2) is 28.7 Å². The van der Waals surface area contributed by atoms with Crippen LogP contribution in [0, 0.1) is 6.92 Å². The summed E-state index contributed by atoms with van der Waals surface area (Å²) in [5.41, 5.74) is 5.95. The lowest BCUT2D eigenvalue weighted by Crippen LogP contribution is -2.13. The Hall–Kier alpha value is -1.69. The fraction of sp³-hybridized carbons (Fsp3) is 0.100. The Morgan fingerprint density at radius 3 is 2.50 bits per heavy atom. The Morgan fingerprint density at radius 2 is 2.00 bits per heavy atom. The largest absolute Gasteiger partial charge is 0.363 e. The molecular formula is C10H9BrN4O. The third-order valence-corrected chi connectivity index (χ3v) is 2.59. The summed E-state index contributed by atoms with van der Waals surface area (Å²) in [5, 5.41) is 4.02. The minimum absolute atomic E-state index is 0.0282. The van der Waals surface area contributed by atoms with Gasteiger partial charge in [0.05, 0.1) is 5.69 Å². The van der Waals surface area contributed by atoms with E-state index in [2.05, 4.69) is 26.0 Å². The van der Waals surface area contributed by atoms with Gasteiger partial charge in [0.25, 0.3) is 5.91 Å². The lowest BCUT2D eigenvalue weighted by molar-refractivity contribution is 0.0990. The second-order valence-corrected chi connectivity index (χ2v) is 4.15. The van der Waals surface area contributed by atoms with Crippen molar-refractivity contribution in [2.24, 2.45) is 5.73 Å². The van der Waals surface area contributed by atoms with Crippen molar-refractivity contribution in [2.75, 3.05) is 0 Å². The average Bonchev–Trinajstić information content (AvgIpc) is 2.62. The van der Waals surface area contributed by atoms with E-state index in [1.54, 1.807) is 11.6 Å². The number of carbonyl (C=O) groups is 1. The molecule has 1 aromatic heterocycles. The molecule has 16 heavy (non-hydrogen) atoms. The van der Waals surface area contributed by atoms with Gasteiger partial charge in [0.1, 0.15) is 5.82 Å². The van der Waals surface area contributed by atoms with Crippen LogP contribution in [0.25, 0.3) is 5.69 Å². The van der Waals surface area contributed by atoms with Gasteiger partial charge in [0.2, 0.25) is 5.82 Å². The number of primary amides is 1. The summed E-state index contributed by atoms with van der Waals surface area (Å²) in [4.78, 5) is 14.9. The first-order valence-electron chi connectivity index (χ1n) is 4.57. The Bertz CT molecular complexity index is 532. The van der Waals surface area contributed by atoms with Crippen LogP contribution in [0.5, 0.6) is 0 Å². The quantitative estimate of drug-likeness (QED) is 0.905. The highest BCUT2D eigenvalue weighted by molar-refractivity contribution is 9.10. The van der Waals surface area contributed by atoms with E-state index in [0.29, 0.717) is 5.82 Å². The molecule has 5 nitrogen and oxygen atoms in total. The van der Waals surface area contributed by atoms with E-state index in [1.165, 1.54) is 0 Å². The van der Waals surface area contributed by atoms with Crippen molar-refractivity contribution in [3.8, 4) is 5.69 Å². The molecule has 1 amide bonds. The van der Waals surface area contributed by atoms with Crippen molar-refractivity contribution >= 4 is 21.8 Å². The normalized spacial score (nSPS) is 10.4. The van der Waals surface area contributed by atoms with Gasteiger partial charge >= 0.3 is 0 Å². The van der Waals surface area contributed by atoms with Gasteiger partial charge < -0.3 is 5.73 Å². The minimum Gasteiger partial charge on any atom is -0.363 e. The van der Waals surface area contributed by atoms with Crippen LogP contribution >= 0.6 is 15.9 Å². The van der Waals surface area contributed by atoms with E-state index in [1.807, 2.05) is 24.3 Å². The summed E-state index contributed by atoms with van der Waals surface area (Å²) in [6, 6.07) is 7.52. The number of carbonyl (C=O) groups excluding carboxylic acids is 1. The maximum absolute atomic E-state index is 10.9. The molecule has 0 bridgehead atoms. The fourth-order valence-corrected chi connectivity index (χ4v) is 1.59. The summed E-state index contributed by atoms with van der Waals surface area (Å²) in [7, 11) is 0. The molecule has 6 heteroatoms. The molecule has 0 fully saturated rings. The Labute approximate surface area is 100 Å². The molecule has 82 valence electrons. The number of nitrogens with zero attached hydrogens (tertiary/aromatic N) is 3. The first-order valence-corrected chi connectivity index (χ1v) is 5.36. The van der Waals surface area contributed by atoms with Gasteiger partial charge in [-0.2, -0.15) is 0 Å². The van der Waals surface area contributed by atoms with Crippen molar-refractivity contribution in [3.05, 3.63) is 40.4 Å². The average molecular weight is 281 g/mol. The van der Waals surface area contributed by atoms with Gasteiger partial charge in [-0.15, -0.1) is 5.10 Å². The lowest BCUT2D eigenvalue weighted by atomic mass is 10.3. The summed E-state index contributed by atoms with van der Waals surface area (Å²) in [6.07, 6.45) is 0. The molecule has 2 rings (SSSR count). The smallest absolute Gasteiger partial charge is 0.288 e.